The van der Waals surface area contributed by atoms with Gasteiger partial charge in [-0.1, -0.05) is 20.8 Å². The average molecular weight is 277 g/mol. The molecule has 1 nitrogen and oxygen atoms in total. The Bertz CT molecular complexity index is 304. The molecule has 0 atom stereocenters. The lowest BCUT2D eigenvalue weighted by Crippen LogP contribution is -2.47. The Morgan fingerprint density at radius 3 is 1.89 bits per heavy atom. The van der Waals surface area contributed by atoms with E-state index in [1.807, 2.05) is 0 Å². The molecule has 0 aromatic rings. The van der Waals surface area contributed by atoms with E-state index in [-0.39, 0.29) is 12.8 Å². The molecular formula is C15H26F3N. The zero-order chi connectivity index (χ0) is 14.3. The third kappa shape index (κ3) is 3.45. The molecule has 2 aliphatic carbocycles. The second-order valence-corrected chi connectivity index (χ2v) is 7.54. The molecule has 0 aliphatic heterocycles. The van der Waals surface area contributed by atoms with Gasteiger partial charge in [0, 0.05) is 0 Å². The fourth-order valence-electron chi connectivity index (χ4n) is 3.26. The first-order chi connectivity index (χ1) is 8.64. The highest BCUT2D eigenvalue weighted by Gasteiger charge is 2.63. The van der Waals surface area contributed by atoms with Crippen molar-refractivity contribution >= 4 is 0 Å². The quantitative estimate of drug-likeness (QED) is 0.799. The number of hydrogen-bond donors (Lipinski definition) is 1. The van der Waals surface area contributed by atoms with Gasteiger partial charge in [0.15, 0.2) is 0 Å². The summed E-state index contributed by atoms with van der Waals surface area (Å²) in [6.45, 7) is 7.33. The second kappa shape index (κ2) is 4.94. The maximum absolute atomic E-state index is 12.8. The number of halogens is 3. The summed E-state index contributed by atoms with van der Waals surface area (Å²) in [6, 6.07) is 0. The van der Waals surface area contributed by atoms with Gasteiger partial charge in [-0.2, -0.15) is 13.2 Å². The Morgan fingerprint density at radius 2 is 1.53 bits per heavy atom. The van der Waals surface area contributed by atoms with Crippen LogP contribution < -0.4 is 5.32 Å². The molecule has 0 spiro atoms. The molecule has 0 aromatic carbocycles. The summed E-state index contributed by atoms with van der Waals surface area (Å²) in [5.74, 6) is 1.15. The predicted molar refractivity (Wildman–Crippen MR) is 70.9 cm³/mol. The molecule has 2 rings (SSSR count). The van der Waals surface area contributed by atoms with Crippen molar-refractivity contribution in [3.63, 3.8) is 0 Å². The van der Waals surface area contributed by atoms with Crippen LogP contribution in [0.25, 0.3) is 0 Å². The van der Waals surface area contributed by atoms with E-state index in [1.165, 1.54) is 0 Å². The van der Waals surface area contributed by atoms with Gasteiger partial charge in [0.25, 0.3) is 0 Å². The molecule has 0 amide bonds. The zero-order valence-corrected chi connectivity index (χ0v) is 12.2. The van der Waals surface area contributed by atoms with Gasteiger partial charge in [0.1, 0.15) is 5.54 Å². The molecule has 0 bridgehead atoms. The summed E-state index contributed by atoms with van der Waals surface area (Å²) >= 11 is 0. The summed E-state index contributed by atoms with van der Waals surface area (Å²) < 4.78 is 38.4. The van der Waals surface area contributed by atoms with Crippen molar-refractivity contribution in [1.29, 1.82) is 0 Å². The Labute approximate surface area is 114 Å². The molecule has 2 aliphatic rings. The standard InChI is InChI=1S/C15H26F3N/c1-13(2,3)12-6-4-11(5-7-12)10-19-14(8-9-14)15(16,17)18/h11-12,19H,4-10H2,1-3H3. The SMILES string of the molecule is CC(C)(C)C1CCC(CNC2(C(F)(F)F)CC2)CC1. The molecule has 112 valence electrons. The largest absolute Gasteiger partial charge is 0.406 e. The highest BCUT2D eigenvalue weighted by molar-refractivity contribution is 5.08. The van der Waals surface area contributed by atoms with Gasteiger partial charge < -0.3 is 5.32 Å². The lowest BCUT2D eigenvalue weighted by molar-refractivity contribution is -0.166. The van der Waals surface area contributed by atoms with E-state index in [9.17, 15) is 13.2 Å². The monoisotopic (exact) mass is 277 g/mol. The molecule has 0 aromatic heterocycles. The molecule has 0 heterocycles. The maximum Gasteiger partial charge on any atom is 0.406 e. The van der Waals surface area contributed by atoms with E-state index in [0.29, 0.717) is 17.9 Å². The number of rotatable bonds is 3. The fraction of sp³-hybridized carbons (Fsp3) is 1.00. The minimum absolute atomic E-state index is 0.258. The third-order valence-corrected chi connectivity index (χ3v) is 5.09. The average Bonchev–Trinajstić information content (AvgIpc) is 3.06. The Balaban J connectivity index is 1.75. The second-order valence-electron chi connectivity index (χ2n) is 7.54. The van der Waals surface area contributed by atoms with Crippen molar-refractivity contribution < 1.29 is 13.2 Å². The summed E-state index contributed by atoms with van der Waals surface area (Å²) in [5, 5.41) is 2.81. The van der Waals surface area contributed by atoms with Gasteiger partial charge in [0.2, 0.25) is 0 Å². The highest BCUT2D eigenvalue weighted by Crippen LogP contribution is 2.49. The highest BCUT2D eigenvalue weighted by atomic mass is 19.4. The van der Waals surface area contributed by atoms with Gasteiger partial charge >= 0.3 is 6.18 Å². The first-order valence-electron chi connectivity index (χ1n) is 7.46. The van der Waals surface area contributed by atoms with Gasteiger partial charge in [-0.15, -0.1) is 0 Å². The Morgan fingerprint density at radius 1 is 1.00 bits per heavy atom. The Kier molecular flexibility index (Phi) is 3.94. The van der Waals surface area contributed by atoms with Gasteiger partial charge in [-0.05, 0) is 62.3 Å². The van der Waals surface area contributed by atoms with Crippen molar-refractivity contribution in [3.05, 3.63) is 0 Å². The van der Waals surface area contributed by atoms with Crippen LogP contribution in [0.5, 0.6) is 0 Å². The first-order valence-corrected chi connectivity index (χ1v) is 7.46. The van der Waals surface area contributed by atoms with Gasteiger partial charge in [-0.3, -0.25) is 0 Å². The summed E-state index contributed by atoms with van der Waals surface area (Å²) in [6.07, 6.45) is 0.909. The lowest BCUT2D eigenvalue weighted by atomic mass is 9.70. The van der Waals surface area contributed by atoms with Crippen LogP contribution in [0.3, 0.4) is 0 Å². The van der Waals surface area contributed by atoms with Crippen LogP contribution in [-0.4, -0.2) is 18.3 Å². The topological polar surface area (TPSA) is 12.0 Å². The van der Waals surface area contributed by atoms with Crippen LogP contribution in [0, 0.1) is 17.3 Å². The van der Waals surface area contributed by atoms with Crippen LogP contribution >= 0.6 is 0 Å². The minimum Gasteiger partial charge on any atom is -0.303 e. The van der Waals surface area contributed by atoms with Crippen LogP contribution in [0.1, 0.15) is 59.3 Å². The maximum atomic E-state index is 12.8. The molecule has 2 saturated carbocycles. The Hall–Kier alpha value is -0.250. The summed E-state index contributed by atoms with van der Waals surface area (Å²) in [5.41, 5.74) is -1.20. The molecule has 0 radical (unpaired) electrons. The number of hydrogen-bond acceptors (Lipinski definition) is 1. The molecule has 4 heteroatoms. The van der Waals surface area contributed by atoms with Crippen molar-refractivity contribution in [3.8, 4) is 0 Å². The molecular weight excluding hydrogens is 251 g/mol. The normalized spacial score (nSPS) is 31.3. The van der Waals surface area contributed by atoms with Crippen LogP contribution in [0.4, 0.5) is 13.2 Å². The predicted octanol–water partition coefficient (Wildman–Crippen LogP) is 4.52. The van der Waals surface area contributed by atoms with Crippen molar-refractivity contribution in [1.82, 2.24) is 5.32 Å². The van der Waals surface area contributed by atoms with Crippen LogP contribution in [-0.2, 0) is 0 Å². The molecule has 1 N–H and O–H groups in total. The third-order valence-electron chi connectivity index (χ3n) is 5.09. The van der Waals surface area contributed by atoms with E-state index in [4.69, 9.17) is 0 Å². The number of nitrogens with one attached hydrogen (secondary N) is 1. The van der Waals surface area contributed by atoms with Crippen LogP contribution in [0.2, 0.25) is 0 Å². The van der Waals surface area contributed by atoms with Gasteiger partial charge in [0.05, 0.1) is 0 Å². The van der Waals surface area contributed by atoms with Crippen LogP contribution in [0.15, 0.2) is 0 Å². The lowest BCUT2D eigenvalue weighted by Gasteiger charge is -2.37. The fourth-order valence-corrected chi connectivity index (χ4v) is 3.26. The van der Waals surface area contributed by atoms with E-state index < -0.39 is 11.7 Å². The summed E-state index contributed by atoms with van der Waals surface area (Å²) in [7, 11) is 0. The van der Waals surface area contributed by atoms with Crippen molar-refractivity contribution in [2.75, 3.05) is 6.54 Å². The number of alkyl halides is 3. The van der Waals surface area contributed by atoms with Crippen molar-refractivity contribution in [2.24, 2.45) is 17.3 Å². The molecule has 2 fully saturated rings. The smallest absolute Gasteiger partial charge is 0.303 e. The molecule has 0 unspecified atom stereocenters. The minimum atomic E-state index is -4.07. The van der Waals surface area contributed by atoms with E-state index in [2.05, 4.69) is 26.1 Å². The summed E-state index contributed by atoms with van der Waals surface area (Å²) in [4.78, 5) is 0. The molecule has 19 heavy (non-hydrogen) atoms. The van der Waals surface area contributed by atoms with E-state index in [1.54, 1.807) is 0 Å². The van der Waals surface area contributed by atoms with Gasteiger partial charge in [-0.25, -0.2) is 0 Å². The molecule has 0 saturated heterocycles. The first kappa shape index (κ1) is 15.1. The van der Waals surface area contributed by atoms with E-state index in [0.717, 1.165) is 31.6 Å². The van der Waals surface area contributed by atoms with E-state index >= 15 is 0 Å². The van der Waals surface area contributed by atoms with Crippen molar-refractivity contribution in [2.45, 2.75) is 71.0 Å². The zero-order valence-electron chi connectivity index (χ0n) is 12.2.